The molecule has 0 aliphatic heterocycles. The van der Waals surface area contributed by atoms with E-state index in [1.807, 2.05) is 49.4 Å². The Morgan fingerprint density at radius 3 is 1.94 bits per heavy atom. The van der Waals surface area contributed by atoms with Crippen LogP contribution in [0.4, 0.5) is 5.69 Å². The van der Waals surface area contributed by atoms with Crippen molar-refractivity contribution < 1.29 is 10.2 Å². The van der Waals surface area contributed by atoms with Crippen molar-refractivity contribution in [2.75, 3.05) is 40.4 Å². The largest absolute Gasteiger partial charge is 0.395 e. The second kappa shape index (κ2) is 5.96. The SMILES string of the molecule is C[N+](C)(c1ccccc1)N(CCO)CCO. The summed E-state index contributed by atoms with van der Waals surface area (Å²) in [5.41, 5.74) is 1.13. The average Bonchev–Trinajstić information content (AvgIpc) is 2.30. The highest BCUT2D eigenvalue weighted by atomic mass is 16.3. The molecule has 0 saturated heterocycles. The second-order valence-electron chi connectivity index (χ2n) is 4.13. The van der Waals surface area contributed by atoms with Gasteiger partial charge in [-0.25, -0.2) is 4.59 Å². The van der Waals surface area contributed by atoms with Crippen LogP contribution in [0, 0.1) is 0 Å². The molecule has 0 unspecified atom stereocenters. The van der Waals surface area contributed by atoms with E-state index >= 15 is 0 Å². The van der Waals surface area contributed by atoms with E-state index in [1.165, 1.54) is 0 Å². The van der Waals surface area contributed by atoms with Gasteiger partial charge in [0.15, 0.2) is 5.69 Å². The molecule has 0 spiro atoms. The Balaban J connectivity index is 2.88. The molecule has 0 atom stereocenters. The lowest BCUT2D eigenvalue weighted by atomic mass is 10.3. The van der Waals surface area contributed by atoms with Crippen LogP contribution in [0.5, 0.6) is 0 Å². The van der Waals surface area contributed by atoms with Gasteiger partial charge in [0.05, 0.1) is 40.4 Å². The van der Waals surface area contributed by atoms with Crippen LogP contribution >= 0.6 is 0 Å². The van der Waals surface area contributed by atoms with Crippen LogP contribution in [-0.4, -0.2) is 55.6 Å². The number of nitrogens with zero attached hydrogens (tertiary/aromatic N) is 2. The summed E-state index contributed by atoms with van der Waals surface area (Å²) >= 11 is 0. The third-order valence-corrected chi connectivity index (χ3v) is 2.81. The molecule has 1 aromatic rings. The lowest BCUT2D eigenvalue weighted by Gasteiger charge is -2.38. The fourth-order valence-corrected chi connectivity index (χ4v) is 1.80. The van der Waals surface area contributed by atoms with Gasteiger partial charge in [0.1, 0.15) is 0 Å². The summed E-state index contributed by atoms with van der Waals surface area (Å²) in [7, 11) is 4.08. The van der Waals surface area contributed by atoms with Crippen LogP contribution in [0.25, 0.3) is 0 Å². The molecule has 0 radical (unpaired) electrons. The predicted molar refractivity (Wildman–Crippen MR) is 65.8 cm³/mol. The Morgan fingerprint density at radius 1 is 1.00 bits per heavy atom. The highest BCUT2D eigenvalue weighted by molar-refractivity contribution is 5.40. The molecule has 0 saturated carbocycles. The first kappa shape index (κ1) is 13.1. The fourth-order valence-electron chi connectivity index (χ4n) is 1.80. The summed E-state index contributed by atoms with van der Waals surface area (Å²) in [4.78, 5) is 0. The highest BCUT2D eigenvalue weighted by Gasteiger charge is 2.27. The summed E-state index contributed by atoms with van der Waals surface area (Å²) in [6, 6.07) is 10.0. The van der Waals surface area contributed by atoms with Gasteiger partial charge in [-0.15, -0.1) is 5.01 Å². The molecular weight excluding hydrogens is 204 g/mol. The first-order chi connectivity index (χ1) is 7.62. The lowest BCUT2D eigenvalue weighted by molar-refractivity contribution is 0.00293. The van der Waals surface area contributed by atoms with Crippen molar-refractivity contribution in [3.63, 3.8) is 0 Å². The van der Waals surface area contributed by atoms with Crippen molar-refractivity contribution in [2.45, 2.75) is 0 Å². The number of para-hydroxylation sites is 1. The number of aliphatic hydroxyl groups excluding tert-OH is 2. The van der Waals surface area contributed by atoms with Crippen LogP contribution in [0.1, 0.15) is 0 Å². The number of rotatable bonds is 6. The maximum absolute atomic E-state index is 9.04. The highest BCUT2D eigenvalue weighted by Crippen LogP contribution is 2.20. The maximum atomic E-state index is 9.04. The molecule has 0 heterocycles. The van der Waals surface area contributed by atoms with Crippen LogP contribution in [0.2, 0.25) is 0 Å². The molecule has 4 nitrogen and oxygen atoms in total. The monoisotopic (exact) mass is 225 g/mol. The van der Waals surface area contributed by atoms with Crippen LogP contribution in [-0.2, 0) is 0 Å². The van der Waals surface area contributed by atoms with Crippen molar-refractivity contribution in [1.82, 2.24) is 9.60 Å². The molecule has 0 fully saturated rings. The Labute approximate surface area is 96.9 Å². The van der Waals surface area contributed by atoms with Gasteiger partial charge in [-0.2, -0.15) is 0 Å². The Hall–Kier alpha value is -0.940. The van der Waals surface area contributed by atoms with Gasteiger partial charge in [-0.3, -0.25) is 0 Å². The number of hydrogen-bond acceptors (Lipinski definition) is 3. The molecule has 2 N–H and O–H groups in total. The maximum Gasteiger partial charge on any atom is 0.151 e. The molecule has 1 aromatic carbocycles. The normalized spacial score (nSPS) is 12.1. The minimum atomic E-state index is 0.0918. The van der Waals surface area contributed by atoms with Crippen LogP contribution in [0.15, 0.2) is 30.3 Å². The van der Waals surface area contributed by atoms with Gasteiger partial charge in [0.2, 0.25) is 0 Å². The number of aliphatic hydroxyl groups is 2. The van der Waals surface area contributed by atoms with E-state index in [0.717, 1.165) is 5.69 Å². The Bertz CT molecular complexity index is 295. The summed E-state index contributed by atoms with van der Waals surface area (Å²) in [6.07, 6.45) is 0. The van der Waals surface area contributed by atoms with Gasteiger partial charge in [0, 0.05) is 12.1 Å². The molecule has 0 aliphatic rings. The summed E-state index contributed by atoms with van der Waals surface area (Å²) < 4.78 is 0.530. The molecule has 16 heavy (non-hydrogen) atoms. The summed E-state index contributed by atoms with van der Waals surface area (Å²) in [5, 5.41) is 20.1. The number of hydrogen-bond donors (Lipinski definition) is 2. The smallest absolute Gasteiger partial charge is 0.151 e. The van der Waals surface area contributed by atoms with Gasteiger partial charge in [-0.05, 0) is 0 Å². The third-order valence-electron chi connectivity index (χ3n) is 2.81. The standard InChI is InChI=1S/C12H21N2O2/c1-14(2,12-6-4-3-5-7-12)13(8-10-15)9-11-16/h3-7,15-16H,8-11H2,1-2H3/q+1. The molecule has 1 rings (SSSR count). The van der Waals surface area contributed by atoms with E-state index < -0.39 is 0 Å². The number of benzene rings is 1. The van der Waals surface area contributed by atoms with E-state index in [2.05, 4.69) is 0 Å². The Kier molecular flexibility index (Phi) is 4.89. The topological polar surface area (TPSA) is 43.7 Å². The zero-order valence-corrected chi connectivity index (χ0v) is 10.0. The van der Waals surface area contributed by atoms with Crippen molar-refractivity contribution in [1.29, 1.82) is 0 Å². The molecule has 90 valence electrons. The van der Waals surface area contributed by atoms with Crippen LogP contribution < -0.4 is 4.59 Å². The molecule has 0 amide bonds. The van der Waals surface area contributed by atoms with E-state index in [-0.39, 0.29) is 13.2 Å². The average molecular weight is 225 g/mol. The summed E-state index contributed by atoms with van der Waals surface area (Å²) in [5.74, 6) is 0. The second-order valence-corrected chi connectivity index (χ2v) is 4.13. The minimum Gasteiger partial charge on any atom is -0.395 e. The first-order valence-electron chi connectivity index (χ1n) is 5.49. The van der Waals surface area contributed by atoms with Crippen molar-refractivity contribution >= 4 is 5.69 Å². The minimum absolute atomic E-state index is 0.0918. The zero-order valence-electron chi connectivity index (χ0n) is 10.0. The van der Waals surface area contributed by atoms with Gasteiger partial charge in [-0.1, -0.05) is 18.2 Å². The molecule has 0 aromatic heterocycles. The van der Waals surface area contributed by atoms with Crippen LogP contribution in [0.3, 0.4) is 0 Å². The quantitative estimate of drug-likeness (QED) is 0.546. The van der Waals surface area contributed by atoms with E-state index in [1.54, 1.807) is 0 Å². The van der Waals surface area contributed by atoms with Gasteiger partial charge < -0.3 is 10.2 Å². The molecular formula is C12H21N2O2+. The third kappa shape index (κ3) is 3.02. The van der Waals surface area contributed by atoms with Crippen molar-refractivity contribution in [3.8, 4) is 0 Å². The molecule has 0 aliphatic carbocycles. The van der Waals surface area contributed by atoms with Gasteiger partial charge >= 0.3 is 0 Å². The number of quaternary nitrogens is 1. The first-order valence-corrected chi connectivity index (χ1v) is 5.49. The van der Waals surface area contributed by atoms with E-state index in [0.29, 0.717) is 17.7 Å². The van der Waals surface area contributed by atoms with Crippen molar-refractivity contribution in [3.05, 3.63) is 30.3 Å². The zero-order chi connectivity index (χ0) is 12.0. The lowest BCUT2D eigenvalue weighted by Crippen LogP contribution is -2.57. The predicted octanol–water partition coefficient (Wildman–Crippen LogP) is 0.455. The molecule has 0 bridgehead atoms. The van der Waals surface area contributed by atoms with E-state index in [4.69, 9.17) is 10.2 Å². The fraction of sp³-hybridized carbons (Fsp3) is 0.500. The Morgan fingerprint density at radius 2 is 1.50 bits per heavy atom. The van der Waals surface area contributed by atoms with E-state index in [9.17, 15) is 0 Å². The van der Waals surface area contributed by atoms with Gasteiger partial charge in [0.25, 0.3) is 0 Å². The van der Waals surface area contributed by atoms with Crippen molar-refractivity contribution in [2.24, 2.45) is 0 Å². The summed E-state index contributed by atoms with van der Waals surface area (Å²) in [6.45, 7) is 1.27. The molecule has 4 heteroatoms.